The lowest BCUT2D eigenvalue weighted by Crippen LogP contribution is -2.24. The molecular formula is C11H12N6O2. The summed E-state index contributed by atoms with van der Waals surface area (Å²) in [5.74, 6) is 0.124. The summed E-state index contributed by atoms with van der Waals surface area (Å²) in [6.45, 7) is 1.57. The molecule has 0 atom stereocenters. The maximum atomic E-state index is 11.9. The molecule has 0 saturated carbocycles. The molecule has 0 aliphatic carbocycles. The van der Waals surface area contributed by atoms with E-state index in [4.69, 9.17) is 0 Å². The first-order valence-corrected chi connectivity index (χ1v) is 5.88. The molecule has 0 aromatic carbocycles. The predicted octanol–water partition coefficient (Wildman–Crippen LogP) is -0.609. The second-order valence-electron chi connectivity index (χ2n) is 4.22. The highest BCUT2D eigenvalue weighted by Gasteiger charge is 2.18. The first-order chi connectivity index (χ1) is 9.24. The summed E-state index contributed by atoms with van der Waals surface area (Å²) in [7, 11) is 0. The zero-order chi connectivity index (χ0) is 13.2. The van der Waals surface area contributed by atoms with Gasteiger partial charge >= 0.3 is 0 Å². The fraction of sp³-hybridized carbons (Fsp3) is 0.273. The van der Waals surface area contributed by atoms with Crippen LogP contribution in [0.2, 0.25) is 0 Å². The van der Waals surface area contributed by atoms with Crippen LogP contribution in [0.5, 0.6) is 0 Å². The van der Waals surface area contributed by atoms with Crippen molar-refractivity contribution in [1.82, 2.24) is 25.7 Å². The SMILES string of the molecule is O=C(Nc1n[nH]c2c1CCNC2)c1ccc(=O)[nH]n1. The summed E-state index contributed by atoms with van der Waals surface area (Å²) in [5, 5.41) is 18.8. The third-order valence-corrected chi connectivity index (χ3v) is 2.95. The summed E-state index contributed by atoms with van der Waals surface area (Å²) in [4.78, 5) is 22.8. The number of nitrogens with zero attached hydrogens (tertiary/aromatic N) is 2. The Kier molecular flexibility index (Phi) is 2.84. The second kappa shape index (κ2) is 4.65. The van der Waals surface area contributed by atoms with Crippen LogP contribution in [-0.2, 0) is 13.0 Å². The highest BCUT2D eigenvalue weighted by Crippen LogP contribution is 2.20. The molecule has 2 aromatic rings. The van der Waals surface area contributed by atoms with Gasteiger partial charge in [-0.1, -0.05) is 0 Å². The molecule has 1 aliphatic heterocycles. The first kappa shape index (κ1) is 11.6. The zero-order valence-electron chi connectivity index (χ0n) is 9.99. The Balaban J connectivity index is 1.81. The Morgan fingerprint density at radius 2 is 2.16 bits per heavy atom. The van der Waals surface area contributed by atoms with Gasteiger partial charge in [0.15, 0.2) is 5.82 Å². The lowest BCUT2D eigenvalue weighted by Gasteiger charge is -2.12. The fourth-order valence-electron chi connectivity index (χ4n) is 1.99. The van der Waals surface area contributed by atoms with Gasteiger partial charge in [0.2, 0.25) is 0 Å². The van der Waals surface area contributed by atoms with E-state index in [1.165, 1.54) is 12.1 Å². The van der Waals surface area contributed by atoms with E-state index in [0.717, 1.165) is 30.8 Å². The molecule has 98 valence electrons. The first-order valence-electron chi connectivity index (χ1n) is 5.88. The van der Waals surface area contributed by atoms with Crippen molar-refractivity contribution in [1.29, 1.82) is 0 Å². The van der Waals surface area contributed by atoms with Crippen molar-refractivity contribution in [2.75, 3.05) is 11.9 Å². The third kappa shape index (κ3) is 2.25. The summed E-state index contributed by atoms with van der Waals surface area (Å²) < 4.78 is 0. The fourth-order valence-corrected chi connectivity index (χ4v) is 1.99. The van der Waals surface area contributed by atoms with Crippen LogP contribution in [-0.4, -0.2) is 32.8 Å². The molecule has 0 saturated heterocycles. The van der Waals surface area contributed by atoms with Gasteiger partial charge in [-0.25, -0.2) is 5.10 Å². The highest BCUT2D eigenvalue weighted by atomic mass is 16.2. The molecular weight excluding hydrogens is 248 g/mol. The minimum Gasteiger partial charge on any atom is -0.311 e. The number of nitrogens with one attached hydrogen (secondary N) is 4. The number of amides is 1. The minimum atomic E-state index is -0.399. The van der Waals surface area contributed by atoms with E-state index in [0.29, 0.717) is 5.82 Å². The monoisotopic (exact) mass is 260 g/mol. The normalized spacial score (nSPS) is 13.9. The summed E-state index contributed by atoms with van der Waals surface area (Å²) in [5.41, 5.74) is 1.79. The van der Waals surface area contributed by atoms with Crippen LogP contribution in [0.15, 0.2) is 16.9 Å². The van der Waals surface area contributed by atoms with E-state index in [1.807, 2.05) is 0 Å². The van der Waals surface area contributed by atoms with Gasteiger partial charge in [-0.3, -0.25) is 14.7 Å². The lowest BCUT2D eigenvalue weighted by atomic mass is 10.1. The molecule has 3 heterocycles. The Bertz CT molecular complexity index is 654. The van der Waals surface area contributed by atoms with Crippen molar-refractivity contribution >= 4 is 11.7 Å². The Hall–Kier alpha value is -2.48. The van der Waals surface area contributed by atoms with Crippen LogP contribution >= 0.6 is 0 Å². The van der Waals surface area contributed by atoms with Crippen molar-refractivity contribution in [2.24, 2.45) is 0 Å². The number of hydrogen-bond acceptors (Lipinski definition) is 5. The molecule has 2 aromatic heterocycles. The number of H-pyrrole nitrogens is 2. The Labute approximate surface area is 107 Å². The number of fused-ring (bicyclic) bond motifs is 1. The smallest absolute Gasteiger partial charge is 0.277 e. The Morgan fingerprint density at radius 1 is 1.26 bits per heavy atom. The number of carbonyl (C=O) groups is 1. The van der Waals surface area contributed by atoms with E-state index in [-0.39, 0.29) is 11.3 Å². The largest absolute Gasteiger partial charge is 0.311 e. The maximum absolute atomic E-state index is 11.9. The molecule has 8 heteroatoms. The van der Waals surface area contributed by atoms with Crippen LogP contribution in [0.1, 0.15) is 21.7 Å². The van der Waals surface area contributed by atoms with E-state index in [9.17, 15) is 9.59 Å². The van der Waals surface area contributed by atoms with E-state index < -0.39 is 5.91 Å². The molecule has 0 spiro atoms. The maximum Gasteiger partial charge on any atom is 0.277 e. The van der Waals surface area contributed by atoms with Crippen molar-refractivity contribution < 1.29 is 4.79 Å². The number of aromatic nitrogens is 4. The highest BCUT2D eigenvalue weighted by molar-refractivity contribution is 6.02. The summed E-state index contributed by atoms with van der Waals surface area (Å²) in [6, 6.07) is 2.63. The van der Waals surface area contributed by atoms with Gasteiger partial charge in [0, 0.05) is 18.2 Å². The van der Waals surface area contributed by atoms with Crippen molar-refractivity contribution in [2.45, 2.75) is 13.0 Å². The van der Waals surface area contributed by atoms with E-state index in [1.54, 1.807) is 0 Å². The molecule has 0 bridgehead atoms. The number of anilines is 1. The van der Waals surface area contributed by atoms with Gasteiger partial charge in [0.05, 0.1) is 5.69 Å². The van der Waals surface area contributed by atoms with Gasteiger partial charge in [-0.05, 0) is 19.0 Å². The second-order valence-corrected chi connectivity index (χ2v) is 4.22. The lowest BCUT2D eigenvalue weighted by molar-refractivity contribution is 0.102. The Morgan fingerprint density at radius 3 is 2.95 bits per heavy atom. The molecule has 3 rings (SSSR count). The molecule has 1 amide bonds. The van der Waals surface area contributed by atoms with Gasteiger partial charge in [-0.15, -0.1) is 0 Å². The molecule has 0 unspecified atom stereocenters. The van der Waals surface area contributed by atoms with Gasteiger partial charge in [0.1, 0.15) is 5.69 Å². The standard InChI is InChI=1S/C11H12N6O2/c18-9-2-1-7(14-16-9)11(19)13-10-6-3-4-12-5-8(6)15-17-10/h1-2,12H,3-5H2,(H,16,18)(H2,13,15,17,19). The van der Waals surface area contributed by atoms with Gasteiger partial charge in [0.25, 0.3) is 11.5 Å². The quantitative estimate of drug-likeness (QED) is 0.575. The van der Waals surface area contributed by atoms with Crippen molar-refractivity contribution in [3.05, 3.63) is 39.4 Å². The average molecular weight is 260 g/mol. The molecule has 4 N–H and O–H groups in total. The third-order valence-electron chi connectivity index (χ3n) is 2.95. The number of aromatic amines is 2. The average Bonchev–Trinajstić information content (AvgIpc) is 2.83. The van der Waals surface area contributed by atoms with Crippen LogP contribution in [0.25, 0.3) is 0 Å². The predicted molar refractivity (Wildman–Crippen MR) is 66.8 cm³/mol. The number of rotatable bonds is 2. The van der Waals surface area contributed by atoms with Gasteiger partial charge < -0.3 is 10.6 Å². The van der Waals surface area contributed by atoms with Crippen LogP contribution < -0.4 is 16.2 Å². The van der Waals surface area contributed by atoms with Gasteiger partial charge in [-0.2, -0.15) is 10.2 Å². The topological polar surface area (TPSA) is 116 Å². The molecule has 8 nitrogen and oxygen atoms in total. The number of hydrogen-bond donors (Lipinski definition) is 4. The van der Waals surface area contributed by atoms with Crippen LogP contribution in [0.3, 0.4) is 0 Å². The summed E-state index contributed by atoms with van der Waals surface area (Å²) >= 11 is 0. The van der Waals surface area contributed by atoms with E-state index in [2.05, 4.69) is 31.0 Å². The van der Waals surface area contributed by atoms with Crippen LogP contribution in [0, 0.1) is 0 Å². The van der Waals surface area contributed by atoms with Crippen molar-refractivity contribution in [3.63, 3.8) is 0 Å². The van der Waals surface area contributed by atoms with E-state index >= 15 is 0 Å². The zero-order valence-corrected chi connectivity index (χ0v) is 9.99. The molecule has 19 heavy (non-hydrogen) atoms. The number of carbonyl (C=O) groups excluding carboxylic acids is 1. The molecule has 0 fully saturated rings. The minimum absolute atomic E-state index is 0.144. The summed E-state index contributed by atoms with van der Waals surface area (Å²) in [6.07, 6.45) is 0.806. The molecule has 1 aliphatic rings. The van der Waals surface area contributed by atoms with Crippen LogP contribution in [0.4, 0.5) is 5.82 Å². The van der Waals surface area contributed by atoms with Crippen molar-refractivity contribution in [3.8, 4) is 0 Å². The molecule has 0 radical (unpaired) electrons.